The molecule has 27 heavy (non-hydrogen) atoms. The molecule has 0 aromatic heterocycles. The molecule has 8 heteroatoms. The molecule has 0 saturated heterocycles. The highest BCUT2D eigenvalue weighted by atomic mass is 127. The lowest BCUT2D eigenvalue weighted by Crippen LogP contribution is -2.49. The number of amides is 1. The van der Waals surface area contributed by atoms with Crippen LogP contribution in [0.4, 0.5) is 4.39 Å². The van der Waals surface area contributed by atoms with Gasteiger partial charge in [-0.2, -0.15) is 0 Å². The van der Waals surface area contributed by atoms with Crippen LogP contribution in [0.15, 0.2) is 27.7 Å². The summed E-state index contributed by atoms with van der Waals surface area (Å²) in [5, 5.41) is 6.48. The number of halogens is 3. The standard InChI is InChI=1S/C19H28BrFN4O.HI/c1-4-22-18(23-12-14-7-8-15(20)11-16(14)21)24-13-19(9-5-6-10-19)17(26)25(2)3;/h7-8,11H,4-6,9-10,12-13H2,1-3H3,(H2,22,23,24);1H. The van der Waals surface area contributed by atoms with E-state index < -0.39 is 0 Å². The Morgan fingerprint density at radius 3 is 2.52 bits per heavy atom. The SMILES string of the molecule is CCNC(=NCc1ccc(Br)cc1F)NCC1(C(=O)N(C)C)CCCC1.I. The predicted molar refractivity (Wildman–Crippen MR) is 122 cm³/mol. The van der Waals surface area contributed by atoms with E-state index in [1.165, 1.54) is 6.07 Å². The monoisotopic (exact) mass is 554 g/mol. The van der Waals surface area contributed by atoms with Crippen molar-refractivity contribution in [3.8, 4) is 0 Å². The second-order valence-electron chi connectivity index (χ2n) is 6.97. The third kappa shape index (κ3) is 6.58. The van der Waals surface area contributed by atoms with Gasteiger partial charge in [0, 0.05) is 37.2 Å². The number of benzene rings is 1. The van der Waals surface area contributed by atoms with Crippen molar-refractivity contribution in [1.82, 2.24) is 15.5 Å². The number of hydrogen-bond donors (Lipinski definition) is 2. The second-order valence-corrected chi connectivity index (χ2v) is 7.89. The van der Waals surface area contributed by atoms with E-state index in [2.05, 4.69) is 31.6 Å². The molecule has 0 radical (unpaired) electrons. The quantitative estimate of drug-likeness (QED) is 0.318. The van der Waals surface area contributed by atoms with Gasteiger partial charge in [0.1, 0.15) is 5.82 Å². The minimum Gasteiger partial charge on any atom is -0.357 e. The van der Waals surface area contributed by atoms with Gasteiger partial charge in [-0.05, 0) is 31.9 Å². The molecule has 0 aliphatic heterocycles. The lowest BCUT2D eigenvalue weighted by Gasteiger charge is -2.31. The topological polar surface area (TPSA) is 56.7 Å². The van der Waals surface area contributed by atoms with Gasteiger partial charge < -0.3 is 15.5 Å². The average molecular weight is 555 g/mol. The number of rotatable bonds is 6. The highest BCUT2D eigenvalue weighted by Crippen LogP contribution is 2.38. The fourth-order valence-corrected chi connectivity index (χ4v) is 3.73. The first-order chi connectivity index (χ1) is 12.4. The summed E-state index contributed by atoms with van der Waals surface area (Å²) in [5.41, 5.74) is 0.160. The Bertz CT molecular complexity index is 663. The first-order valence-electron chi connectivity index (χ1n) is 9.06. The Morgan fingerprint density at radius 1 is 1.30 bits per heavy atom. The largest absolute Gasteiger partial charge is 0.357 e. The molecule has 2 N–H and O–H groups in total. The van der Waals surface area contributed by atoms with Crippen LogP contribution in [0.1, 0.15) is 38.2 Å². The van der Waals surface area contributed by atoms with Crippen molar-refractivity contribution in [3.05, 3.63) is 34.1 Å². The molecule has 1 aromatic carbocycles. The van der Waals surface area contributed by atoms with Gasteiger partial charge in [-0.25, -0.2) is 9.38 Å². The van der Waals surface area contributed by atoms with E-state index in [9.17, 15) is 9.18 Å². The van der Waals surface area contributed by atoms with E-state index >= 15 is 0 Å². The Hall–Kier alpha value is -0.900. The molecular formula is C19H29BrFIN4O. The van der Waals surface area contributed by atoms with Gasteiger partial charge in [0.05, 0.1) is 12.0 Å². The fraction of sp³-hybridized carbons (Fsp3) is 0.579. The van der Waals surface area contributed by atoms with Crippen molar-refractivity contribution >= 4 is 51.8 Å². The summed E-state index contributed by atoms with van der Waals surface area (Å²) in [7, 11) is 3.61. The van der Waals surface area contributed by atoms with Crippen LogP contribution in [0.3, 0.4) is 0 Å². The van der Waals surface area contributed by atoms with E-state index in [4.69, 9.17) is 0 Å². The number of nitrogens with zero attached hydrogens (tertiary/aromatic N) is 2. The summed E-state index contributed by atoms with van der Waals surface area (Å²) >= 11 is 3.26. The second kappa shape index (κ2) is 11.2. The maximum atomic E-state index is 14.0. The Kier molecular flexibility index (Phi) is 10.0. The first kappa shape index (κ1) is 24.1. The predicted octanol–water partition coefficient (Wildman–Crippen LogP) is 3.91. The molecule has 2 rings (SSSR count). The van der Waals surface area contributed by atoms with Crippen molar-refractivity contribution in [2.45, 2.75) is 39.2 Å². The van der Waals surface area contributed by atoms with Crippen LogP contribution in [-0.2, 0) is 11.3 Å². The maximum absolute atomic E-state index is 14.0. The van der Waals surface area contributed by atoms with Gasteiger partial charge in [-0.3, -0.25) is 4.79 Å². The van der Waals surface area contributed by atoms with E-state index in [1.54, 1.807) is 31.1 Å². The Balaban J connectivity index is 0.00000364. The lowest BCUT2D eigenvalue weighted by atomic mass is 9.84. The first-order valence-corrected chi connectivity index (χ1v) is 9.85. The molecule has 0 atom stereocenters. The highest BCUT2D eigenvalue weighted by Gasteiger charge is 2.42. The minimum atomic E-state index is -0.372. The molecule has 152 valence electrons. The Morgan fingerprint density at radius 2 is 1.96 bits per heavy atom. The molecule has 1 aliphatic carbocycles. The molecule has 1 saturated carbocycles. The molecule has 0 bridgehead atoms. The van der Waals surface area contributed by atoms with Crippen molar-refractivity contribution < 1.29 is 9.18 Å². The Labute approximate surface area is 186 Å². The summed E-state index contributed by atoms with van der Waals surface area (Å²) in [4.78, 5) is 18.8. The van der Waals surface area contributed by atoms with E-state index in [1.807, 2.05) is 6.92 Å². The lowest BCUT2D eigenvalue weighted by molar-refractivity contribution is -0.138. The number of guanidine groups is 1. The smallest absolute Gasteiger partial charge is 0.230 e. The van der Waals surface area contributed by atoms with Crippen LogP contribution in [0.5, 0.6) is 0 Å². The van der Waals surface area contributed by atoms with Gasteiger partial charge in [-0.1, -0.05) is 34.8 Å². The molecule has 1 aliphatic rings. The van der Waals surface area contributed by atoms with Crippen LogP contribution in [0.25, 0.3) is 0 Å². The number of hydrogen-bond acceptors (Lipinski definition) is 2. The fourth-order valence-electron chi connectivity index (χ4n) is 3.40. The van der Waals surface area contributed by atoms with E-state index in [0.29, 0.717) is 29.1 Å². The molecule has 0 unspecified atom stereocenters. The van der Waals surface area contributed by atoms with Gasteiger partial charge in [0.2, 0.25) is 5.91 Å². The normalized spacial score (nSPS) is 15.8. The molecule has 0 spiro atoms. The summed E-state index contributed by atoms with van der Waals surface area (Å²) in [6.07, 6.45) is 3.91. The zero-order valence-electron chi connectivity index (χ0n) is 16.1. The third-order valence-corrected chi connectivity index (χ3v) is 5.27. The molecule has 1 fully saturated rings. The van der Waals surface area contributed by atoms with E-state index in [-0.39, 0.29) is 47.7 Å². The molecular weight excluding hydrogens is 526 g/mol. The average Bonchev–Trinajstić information content (AvgIpc) is 3.08. The zero-order chi connectivity index (χ0) is 19.2. The molecule has 0 heterocycles. The van der Waals surface area contributed by atoms with Crippen LogP contribution >= 0.6 is 39.9 Å². The molecule has 1 amide bonds. The summed E-state index contributed by atoms with van der Waals surface area (Å²) in [6.45, 7) is 3.46. The van der Waals surface area contributed by atoms with Crippen LogP contribution < -0.4 is 10.6 Å². The van der Waals surface area contributed by atoms with Crippen molar-refractivity contribution in [2.24, 2.45) is 10.4 Å². The maximum Gasteiger partial charge on any atom is 0.230 e. The van der Waals surface area contributed by atoms with Crippen molar-refractivity contribution in [3.63, 3.8) is 0 Å². The number of aliphatic imine (C=N–C) groups is 1. The number of nitrogens with one attached hydrogen (secondary N) is 2. The van der Waals surface area contributed by atoms with Gasteiger partial charge in [-0.15, -0.1) is 24.0 Å². The van der Waals surface area contributed by atoms with Crippen molar-refractivity contribution in [2.75, 3.05) is 27.2 Å². The summed E-state index contributed by atoms with van der Waals surface area (Å²) in [6, 6.07) is 4.96. The number of carbonyl (C=O) groups is 1. The highest BCUT2D eigenvalue weighted by molar-refractivity contribution is 14.0. The van der Waals surface area contributed by atoms with Crippen LogP contribution in [0.2, 0.25) is 0 Å². The van der Waals surface area contributed by atoms with Gasteiger partial charge >= 0.3 is 0 Å². The van der Waals surface area contributed by atoms with Gasteiger partial charge in [0.15, 0.2) is 5.96 Å². The number of carbonyl (C=O) groups excluding carboxylic acids is 1. The molecule has 5 nitrogen and oxygen atoms in total. The van der Waals surface area contributed by atoms with Crippen LogP contribution in [-0.4, -0.2) is 44.0 Å². The minimum absolute atomic E-state index is 0. The summed E-state index contributed by atoms with van der Waals surface area (Å²) < 4.78 is 14.7. The summed E-state index contributed by atoms with van der Waals surface area (Å²) in [5.74, 6) is 0.485. The van der Waals surface area contributed by atoms with Crippen molar-refractivity contribution in [1.29, 1.82) is 0 Å². The zero-order valence-corrected chi connectivity index (χ0v) is 20.1. The van der Waals surface area contributed by atoms with Crippen LogP contribution in [0, 0.1) is 11.2 Å². The van der Waals surface area contributed by atoms with Gasteiger partial charge in [0.25, 0.3) is 0 Å². The van der Waals surface area contributed by atoms with E-state index in [0.717, 1.165) is 25.7 Å². The third-order valence-electron chi connectivity index (χ3n) is 4.78. The molecule has 1 aromatic rings.